The molecule has 154 valence electrons. The summed E-state index contributed by atoms with van der Waals surface area (Å²) in [6.07, 6.45) is -0.128. The average molecular weight is 402 g/mol. The number of ether oxygens (including phenoxy) is 1. The van der Waals surface area contributed by atoms with Crippen LogP contribution in [0.15, 0.2) is 48.5 Å². The van der Waals surface area contributed by atoms with E-state index < -0.39 is 35.7 Å². The van der Waals surface area contributed by atoms with E-state index in [1.165, 1.54) is 32.2 Å². The second-order valence-corrected chi connectivity index (χ2v) is 6.46. The summed E-state index contributed by atoms with van der Waals surface area (Å²) >= 11 is 0. The predicted molar refractivity (Wildman–Crippen MR) is 104 cm³/mol. The minimum absolute atomic E-state index is 0.0163. The van der Waals surface area contributed by atoms with E-state index in [1.54, 1.807) is 30.3 Å². The third kappa shape index (κ3) is 6.31. The molecular weight excluding hydrogens is 379 g/mol. The van der Waals surface area contributed by atoms with Crippen molar-refractivity contribution in [3.05, 3.63) is 65.5 Å². The molecule has 0 aromatic heterocycles. The van der Waals surface area contributed by atoms with E-state index >= 15 is 0 Å². The first-order valence-corrected chi connectivity index (χ1v) is 8.97. The van der Waals surface area contributed by atoms with Crippen molar-refractivity contribution in [1.82, 2.24) is 10.6 Å². The van der Waals surface area contributed by atoms with Crippen LogP contribution in [-0.4, -0.2) is 42.1 Å². The number of halogens is 1. The summed E-state index contributed by atoms with van der Waals surface area (Å²) in [7, 11) is 1.47. The van der Waals surface area contributed by atoms with Gasteiger partial charge in [-0.25, -0.2) is 9.18 Å². The van der Waals surface area contributed by atoms with E-state index in [2.05, 4.69) is 10.6 Å². The van der Waals surface area contributed by atoms with Crippen LogP contribution in [0.2, 0.25) is 0 Å². The molecule has 7 nitrogen and oxygen atoms in total. The lowest BCUT2D eigenvalue weighted by molar-refractivity contribution is -0.142. The van der Waals surface area contributed by atoms with Crippen molar-refractivity contribution in [3.8, 4) is 5.75 Å². The molecule has 0 spiro atoms. The Kier molecular flexibility index (Phi) is 7.70. The van der Waals surface area contributed by atoms with Gasteiger partial charge in [0.2, 0.25) is 11.8 Å². The molecule has 2 aromatic rings. The van der Waals surface area contributed by atoms with E-state index in [-0.39, 0.29) is 18.4 Å². The Hall–Kier alpha value is -3.42. The first-order chi connectivity index (χ1) is 13.8. The maximum absolute atomic E-state index is 14.0. The normalized spacial score (nSPS) is 12.5. The van der Waals surface area contributed by atoms with Crippen LogP contribution in [0.3, 0.4) is 0 Å². The Morgan fingerprint density at radius 2 is 1.55 bits per heavy atom. The molecular formula is C21H23FN2O5. The fourth-order valence-electron chi connectivity index (χ4n) is 2.90. The van der Waals surface area contributed by atoms with E-state index in [4.69, 9.17) is 4.74 Å². The molecule has 0 radical (unpaired) electrons. The Morgan fingerprint density at radius 3 is 2.14 bits per heavy atom. The van der Waals surface area contributed by atoms with E-state index in [0.29, 0.717) is 11.3 Å². The number of amides is 2. The lowest BCUT2D eigenvalue weighted by Gasteiger charge is -2.22. The molecule has 0 fully saturated rings. The van der Waals surface area contributed by atoms with Crippen molar-refractivity contribution in [2.45, 2.75) is 31.8 Å². The van der Waals surface area contributed by atoms with E-state index in [0.717, 1.165) is 0 Å². The largest absolute Gasteiger partial charge is 0.496 e. The van der Waals surface area contributed by atoms with Gasteiger partial charge in [0.25, 0.3) is 0 Å². The second-order valence-electron chi connectivity index (χ2n) is 6.46. The standard InChI is InChI=1S/C21H23FN2O5/c1-13(25)23-17(11-14-7-3-5-9-16(14)22)20(26)24-18(21(27)28)12-15-8-4-6-10-19(15)29-2/h3-10,17-18H,11-12H2,1-2H3,(H,23,25)(H,24,26)(H,27,28)/t17-,18+/m1/s1. The lowest BCUT2D eigenvalue weighted by Crippen LogP contribution is -2.52. The fourth-order valence-corrected chi connectivity index (χ4v) is 2.90. The summed E-state index contributed by atoms with van der Waals surface area (Å²) in [5, 5.41) is 14.4. The fraction of sp³-hybridized carbons (Fsp3) is 0.286. The molecule has 2 aromatic carbocycles. The van der Waals surface area contributed by atoms with Crippen molar-refractivity contribution < 1.29 is 28.6 Å². The van der Waals surface area contributed by atoms with Gasteiger partial charge in [0, 0.05) is 19.8 Å². The van der Waals surface area contributed by atoms with E-state index in [1.807, 2.05) is 0 Å². The van der Waals surface area contributed by atoms with Crippen molar-refractivity contribution in [2.75, 3.05) is 7.11 Å². The molecule has 2 amide bonds. The lowest BCUT2D eigenvalue weighted by atomic mass is 10.0. The number of aliphatic carboxylic acids is 1. The van der Waals surface area contributed by atoms with Gasteiger partial charge in [0.1, 0.15) is 23.7 Å². The Morgan fingerprint density at radius 1 is 0.966 bits per heavy atom. The predicted octanol–water partition coefficient (Wildman–Crippen LogP) is 1.69. The van der Waals surface area contributed by atoms with Gasteiger partial charge >= 0.3 is 5.97 Å². The van der Waals surface area contributed by atoms with Crippen LogP contribution in [0.4, 0.5) is 4.39 Å². The van der Waals surface area contributed by atoms with Gasteiger partial charge in [0.15, 0.2) is 0 Å². The molecule has 0 aliphatic carbocycles. The number of carbonyl (C=O) groups excluding carboxylic acids is 2. The minimum Gasteiger partial charge on any atom is -0.496 e. The highest BCUT2D eigenvalue weighted by molar-refractivity contribution is 5.90. The number of methoxy groups -OCH3 is 1. The third-order valence-electron chi connectivity index (χ3n) is 4.31. The van der Waals surface area contributed by atoms with Gasteiger partial charge in [-0.3, -0.25) is 9.59 Å². The van der Waals surface area contributed by atoms with Gasteiger partial charge < -0.3 is 20.5 Å². The molecule has 8 heteroatoms. The Labute approximate surface area is 167 Å². The van der Waals surface area contributed by atoms with Gasteiger partial charge in [0.05, 0.1) is 7.11 Å². The number of hydrogen-bond acceptors (Lipinski definition) is 4. The average Bonchev–Trinajstić information content (AvgIpc) is 2.68. The van der Waals surface area contributed by atoms with Gasteiger partial charge in [-0.2, -0.15) is 0 Å². The van der Waals surface area contributed by atoms with Crippen LogP contribution in [0.5, 0.6) is 5.75 Å². The maximum Gasteiger partial charge on any atom is 0.326 e. The molecule has 0 unspecified atom stereocenters. The van der Waals surface area contributed by atoms with Crippen LogP contribution >= 0.6 is 0 Å². The van der Waals surface area contributed by atoms with Crippen molar-refractivity contribution in [2.24, 2.45) is 0 Å². The minimum atomic E-state index is -1.25. The molecule has 2 atom stereocenters. The summed E-state index contributed by atoms with van der Waals surface area (Å²) in [6.45, 7) is 1.23. The molecule has 0 aliphatic rings. The summed E-state index contributed by atoms with van der Waals surface area (Å²) < 4.78 is 19.2. The highest BCUT2D eigenvalue weighted by atomic mass is 19.1. The van der Waals surface area contributed by atoms with Crippen molar-refractivity contribution >= 4 is 17.8 Å². The Balaban J connectivity index is 2.18. The number of para-hydroxylation sites is 1. The number of nitrogens with one attached hydrogen (secondary N) is 2. The summed E-state index contributed by atoms with van der Waals surface area (Å²) in [6, 6.07) is 10.4. The number of hydrogen-bond donors (Lipinski definition) is 3. The summed E-state index contributed by atoms with van der Waals surface area (Å²) in [4.78, 5) is 35.9. The quantitative estimate of drug-likeness (QED) is 0.592. The summed E-state index contributed by atoms with van der Waals surface area (Å²) in [5.74, 6) is -2.46. The smallest absolute Gasteiger partial charge is 0.326 e. The monoisotopic (exact) mass is 402 g/mol. The van der Waals surface area contributed by atoms with Gasteiger partial charge in [-0.15, -0.1) is 0 Å². The second kappa shape index (κ2) is 10.2. The maximum atomic E-state index is 14.0. The SMILES string of the molecule is COc1ccccc1C[C@H](NC(=O)[C@@H](Cc1ccccc1F)NC(C)=O)C(=O)O. The molecule has 0 heterocycles. The number of carboxylic acids is 1. The van der Waals surface area contributed by atoms with E-state index in [9.17, 15) is 23.9 Å². The third-order valence-corrected chi connectivity index (χ3v) is 4.31. The number of carboxylic acid groups (broad SMARTS) is 1. The van der Waals surface area contributed by atoms with Gasteiger partial charge in [-0.05, 0) is 23.3 Å². The highest BCUT2D eigenvalue weighted by Crippen LogP contribution is 2.19. The number of rotatable bonds is 9. The van der Waals surface area contributed by atoms with Crippen LogP contribution in [-0.2, 0) is 27.2 Å². The number of carbonyl (C=O) groups is 3. The highest BCUT2D eigenvalue weighted by Gasteiger charge is 2.27. The molecule has 0 bridgehead atoms. The number of benzene rings is 2. The zero-order valence-electron chi connectivity index (χ0n) is 16.1. The first-order valence-electron chi connectivity index (χ1n) is 8.97. The molecule has 29 heavy (non-hydrogen) atoms. The van der Waals surface area contributed by atoms with Crippen LogP contribution < -0.4 is 15.4 Å². The summed E-state index contributed by atoms with van der Waals surface area (Å²) in [5.41, 5.74) is 0.839. The first kappa shape index (κ1) is 21.9. The molecule has 0 saturated carbocycles. The zero-order valence-corrected chi connectivity index (χ0v) is 16.1. The van der Waals surface area contributed by atoms with Crippen molar-refractivity contribution in [1.29, 1.82) is 0 Å². The van der Waals surface area contributed by atoms with Gasteiger partial charge in [-0.1, -0.05) is 36.4 Å². The zero-order chi connectivity index (χ0) is 21.4. The molecule has 2 rings (SSSR count). The van der Waals surface area contributed by atoms with Crippen LogP contribution in [0, 0.1) is 5.82 Å². The van der Waals surface area contributed by atoms with Crippen LogP contribution in [0.25, 0.3) is 0 Å². The molecule has 0 saturated heterocycles. The molecule has 3 N–H and O–H groups in total. The van der Waals surface area contributed by atoms with Crippen LogP contribution in [0.1, 0.15) is 18.1 Å². The Bertz CT molecular complexity index is 887. The van der Waals surface area contributed by atoms with Crippen molar-refractivity contribution in [3.63, 3.8) is 0 Å². The molecule has 0 aliphatic heterocycles. The topological polar surface area (TPSA) is 105 Å².